The standard InChI is InChI=1S/C9H6BrCl2N3O2S2/c1-4-2-5(18-7(4)10)19(16,17)15-6-8(11)13-3-14-9(6)12/h2-3,15H,1H3. The SMILES string of the molecule is Cc1cc(S(=O)(=O)Nc2c(Cl)ncnc2Cl)sc1Br. The first-order chi connectivity index (χ1) is 8.81. The van der Waals surface area contributed by atoms with E-state index in [1.54, 1.807) is 13.0 Å². The topological polar surface area (TPSA) is 72.0 Å². The summed E-state index contributed by atoms with van der Waals surface area (Å²) in [5, 5.41) is -0.119. The number of anilines is 1. The number of rotatable bonds is 3. The molecule has 0 bridgehead atoms. The van der Waals surface area contributed by atoms with Gasteiger partial charge >= 0.3 is 0 Å². The number of sulfonamides is 1. The van der Waals surface area contributed by atoms with Crippen molar-refractivity contribution in [3.05, 3.63) is 32.0 Å². The van der Waals surface area contributed by atoms with E-state index in [2.05, 4.69) is 30.6 Å². The van der Waals surface area contributed by atoms with Gasteiger partial charge < -0.3 is 0 Å². The Kier molecular flexibility index (Phi) is 4.36. The summed E-state index contributed by atoms with van der Waals surface area (Å²) in [7, 11) is -3.77. The van der Waals surface area contributed by atoms with Crippen LogP contribution in [-0.4, -0.2) is 18.4 Å². The van der Waals surface area contributed by atoms with E-state index >= 15 is 0 Å². The molecule has 0 aliphatic rings. The molecule has 0 fully saturated rings. The molecule has 19 heavy (non-hydrogen) atoms. The number of aryl methyl sites for hydroxylation is 1. The highest BCUT2D eigenvalue weighted by molar-refractivity contribution is 9.11. The van der Waals surface area contributed by atoms with Crippen molar-refractivity contribution in [3.8, 4) is 0 Å². The summed E-state index contributed by atoms with van der Waals surface area (Å²) < 4.78 is 27.5. The van der Waals surface area contributed by atoms with Crippen molar-refractivity contribution < 1.29 is 8.42 Å². The molecular formula is C9H6BrCl2N3O2S2. The van der Waals surface area contributed by atoms with E-state index < -0.39 is 10.0 Å². The van der Waals surface area contributed by atoms with Crippen molar-refractivity contribution in [2.75, 3.05) is 4.72 Å². The Morgan fingerprint density at radius 3 is 2.37 bits per heavy atom. The van der Waals surface area contributed by atoms with Crippen LogP contribution in [0.4, 0.5) is 5.69 Å². The summed E-state index contributed by atoms with van der Waals surface area (Å²) in [6.07, 6.45) is 1.15. The Bertz CT molecular complexity index is 693. The fourth-order valence-corrected chi connectivity index (χ4v) is 5.00. The zero-order valence-electron chi connectivity index (χ0n) is 9.32. The highest BCUT2D eigenvalue weighted by atomic mass is 79.9. The first kappa shape index (κ1) is 15.0. The van der Waals surface area contributed by atoms with E-state index in [-0.39, 0.29) is 20.2 Å². The Labute approximate surface area is 132 Å². The third-order valence-corrected chi connectivity index (χ3v) is 6.62. The van der Waals surface area contributed by atoms with E-state index in [4.69, 9.17) is 23.2 Å². The van der Waals surface area contributed by atoms with Crippen molar-refractivity contribution >= 4 is 66.2 Å². The molecule has 1 N–H and O–H groups in total. The average molecular weight is 403 g/mol. The van der Waals surface area contributed by atoms with Gasteiger partial charge in [0.2, 0.25) is 0 Å². The summed E-state index contributed by atoms with van der Waals surface area (Å²) in [6.45, 7) is 1.80. The third-order valence-electron chi connectivity index (χ3n) is 2.09. The second-order valence-corrected chi connectivity index (χ2v) is 8.45. The monoisotopic (exact) mass is 401 g/mol. The van der Waals surface area contributed by atoms with Crippen LogP contribution in [0.3, 0.4) is 0 Å². The molecule has 102 valence electrons. The molecule has 0 saturated heterocycles. The summed E-state index contributed by atoms with van der Waals surface area (Å²) >= 11 is 15.9. The van der Waals surface area contributed by atoms with Gasteiger partial charge in [-0.25, -0.2) is 18.4 Å². The molecule has 10 heteroatoms. The Hall–Kier alpha value is -0.410. The molecule has 0 saturated carbocycles. The smallest absolute Gasteiger partial charge is 0.271 e. The lowest BCUT2D eigenvalue weighted by Crippen LogP contribution is -2.13. The molecule has 2 aromatic rings. The highest BCUT2D eigenvalue weighted by Crippen LogP contribution is 2.33. The minimum absolute atomic E-state index is 0.0343. The quantitative estimate of drug-likeness (QED) is 0.794. The van der Waals surface area contributed by atoms with Crippen LogP contribution in [0.15, 0.2) is 20.4 Å². The van der Waals surface area contributed by atoms with Gasteiger partial charge in [-0.1, -0.05) is 23.2 Å². The van der Waals surface area contributed by atoms with E-state index in [0.29, 0.717) is 0 Å². The Morgan fingerprint density at radius 2 is 1.89 bits per heavy atom. The molecule has 5 nitrogen and oxygen atoms in total. The molecule has 2 heterocycles. The van der Waals surface area contributed by atoms with E-state index in [0.717, 1.165) is 27.0 Å². The fourth-order valence-electron chi connectivity index (χ4n) is 1.18. The van der Waals surface area contributed by atoms with Crippen LogP contribution >= 0.6 is 50.5 Å². The molecule has 0 radical (unpaired) electrons. The lowest BCUT2D eigenvalue weighted by atomic mass is 10.4. The first-order valence-corrected chi connectivity index (χ1v) is 8.61. The number of nitrogens with one attached hydrogen (secondary N) is 1. The number of thiophene rings is 1. The average Bonchev–Trinajstić information content (AvgIpc) is 2.66. The van der Waals surface area contributed by atoms with Crippen molar-refractivity contribution in [1.82, 2.24) is 9.97 Å². The van der Waals surface area contributed by atoms with Crippen LogP contribution in [0.5, 0.6) is 0 Å². The first-order valence-electron chi connectivity index (χ1n) is 4.76. The van der Waals surface area contributed by atoms with Crippen LogP contribution < -0.4 is 4.72 Å². The minimum Gasteiger partial charge on any atom is -0.273 e. The predicted octanol–water partition coefficient (Wildman–Crippen LogP) is 3.72. The maximum absolute atomic E-state index is 12.2. The number of hydrogen-bond donors (Lipinski definition) is 1. The van der Waals surface area contributed by atoms with Crippen LogP contribution in [0.1, 0.15) is 5.56 Å². The third kappa shape index (κ3) is 3.19. The number of halogens is 3. The molecule has 0 unspecified atom stereocenters. The highest BCUT2D eigenvalue weighted by Gasteiger charge is 2.21. The molecule has 2 aromatic heterocycles. The van der Waals surface area contributed by atoms with Gasteiger partial charge in [-0.2, -0.15) is 0 Å². The Morgan fingerprint density at radius 1 is 1.32 bits per heavy atom. The molecule has 0 aromatic carbocycles. The van der Waals surface area contributed by atoms with Gasteiger partial charge in [-0.3, -0.25) is 4.72 Å². The molecule has 0 aliphatic heterocycles. The maximum Gasteiger partial charge on any atom is 0.271 e. The van der Waals surface area contributed by atoms with Gasteiger partial charge in [0.25, 0.3) is 10.0 Å². The van der Waals surface area contributed by atoms with Gasteiger partial charge in [0.1, 0.15) is 16.2 Å². The van der Waals surface area contributed by atoms with Gasteiger partial charge in [-0.05, 0) is 34.5 Å². The van der Waals surface area contributed by atoms with Gasteiger partial charge in [0, 0.05) is 0 Å². The second kappa shape index (κ2) is 5.53. The molecule has 0 atom stereocenters. The van der Waals surface area contributed by atoms with Gasteiger partial charge in [0.05, 0.1) is 3.79 Å². The second-order valence-electron chi connectivity index (χ2n) is 3.46. The van der Waals surface area contributed by atoms with E-state index in [1.807, 2.05) is 0 Å². The molecule has 0 spiro atoms. The molecular weight excluding hydrogens is 397 g/mol. The lowest BCUT2D eigenvalue weighted by Gasteiger charge is -2.08. The zero-order chi connectivity index (χ0) is 14.2. The molecule has 0 aliphatic carbocycles. The lowest BCUT2D eigenvalue weighted by molar-refractivity contribution is 0.603. The number of aromatic nitrogens is 2. The van der Waals surface area contributed by atoms with Gasteiger partial charge in [-0.15, -0.1) is 11.3 Å². The number of nitrogens with zero attached hydrogens (tertiary/aromatic N) is 2. The largest absolute Gasteiger partial charge is 0.273 e. The van der Waals surface area contributed by atoms with Crippen LogP contribution in [-0.2, 0) is 10.0 Å². The van der Waals surface area contributed by atoms with Crippen molar-refractivity contribution in [2.45, 2.75) is 11.1 Å². The molecule has 0 amide bonds. The maximum atomic E-state index is 12.2. The van der Waals surface area contributed by atoms with Crippen molar-refractivity contribution in [3.63, 3.8) is 0 Å². The number of hydrogen-bond acceptors (Lipinski definition) is 5. The summed E-state index contributed by atoms with van der Waals surface area (Å²) in [4.78, 5) is 7.36. The van der Waals surface area contributed by atoms with Crippen molar-refractivity contribution in [1.29, 1.82) is 0 Å². The molecule has 2 rings (SSSR count). The summed E-state index contributed by atoms with van der Waals surface area (Å²) in [6, 6.07) is 1.54. The van der Waals surface area contributed by atoms with E-state index in [1.165, 1.54) is 0 Å². The summed E-state index contributed by atoms with van der Waals surface area (Å²) in [5.74, 6) is 0. The fraction of sp³-hybridized carbons (Fsp3) is 0.111. The van der Waals surface area contributed by atoms with Crippen LogP contribution in [0.2, 0.25) is 10.3 Å². The summed E-state index contributed by atoms with van der Waals surface area (Å²) in [5.41, 5.74) is 0.792. The van der Waals surface area contributed by atoms with Gasteiger partial charge in [0.15, 0.2) is 10.3 Å². The Balaban J connectivity index is 2.42. The van der Waals surface area contributed by atoms with Crippen molar-refractivity contribution in [2.24, 2.45) is 0 Å². The zero-order valence-corrected chi connectivity index (χ0v) is 14.0. The van der Waals surface area contributed by atoms with Crippen LogP contribution in [0, 0.1) is 6.92 Å². The van der Waals surface area contributed by atoms with E-state index in [9.17, 15) is 8.42 Å². The minimum atomic E-state index is -3.77. The predicted molar refractivity (Wildman–Crippen MR) is 79.6 cm³/mol. The van der Waals surface area contributed by atoms with Crippen LogP contribution in [0.25, 0.3) is 0 Å². The normalized spacial score (nSPS) is 11.6.